The van der Waals surface area contributed by atoms with Crippen molar-refractivity contribution in [1.82, 2.24) is 4.98 Å². The van der Waals surface area contributed by atoms with E-state index in [4.69, 9.17) is 5.73 Å². The van der Waals surface area contributed by atoms with Crippen LogP contribution in [0.25, 0.3) is 0 Å². The van der Waals surface area contributed by atoms with Gasteiger partial charge in [0, 0.05) is 17.2 Å². The largest absolute Gasteiger partial charge is 0.450 e. The number of hydrogen-bond acceptors (Lipinski definition) is 4. The van der Waals surface area contributed by atoms with E-state index in [0.29, 0.717) is 19.6 Å². The lowest BCUT2D eigenvalue weighted by molar-refractivity contribution is 0.156. The molecule has 1 aromatic rings. The Morgan fingerprint density at radius 3 is 3.00 bits per heavy atom. The fraction of sp³-hybridized carbons (Fsp3) is 0.333. The summed E-state index contributed by atoms with van der Waals surface area (Å²) in [6.07, 6.45) is 1.67. The van der Waals surface area contributed by atoms with Gasteiger partial charge in [0.2, 0.25) is 0 Å². The molecule has 0 fully saturated rings. The highest BCUT2D eigenvalue weighted by atomic mass is 79.9. The zero-order valence-corrected chi connectivity index (χ0v) is 9.66. The number of pyridine rings is 1. The zero-order chi connectivity index (χ0) is 11.1. The molecule has 0 unspecified atom stereocenters. The van der Waals surface area contributed by atoms with E-state index < -0.39 is 6.09 Å². The third kappa shape index (κ3) is 5.21. The van der Waals surface area contributed by atoms with Crippen LogP contribution in [0.3, 0.4) is 0 Å². The number of amides is 1. The Bertz CT molecular complexity index is 316. The SMILES string of the molecule is NC(=O)OCCCNc1ccc(Br)cn1. The summed E-state index contributed by atoms with van der Waals surface area (Å²) in [7, 11) is 0. The van der Waals surface area contributed by atoms with Crippen molar-refractivity contribution in [3.05, 3.63) is 22.8 Å². The molecule has 0 atom stereocenters. The van der Waals surface area contributed by atoms with E-state index in [1.54, 1.807) is 6.20 Å². The molecule has 0 radical (unpaired) electrons. The monoisotopic (exact) mass is 273 g/mol. The minimum Gasteiger partial charge on any atom is -0.450 e. The van der Waals surface area contributed by atoms with Crippen LogP contribution in [-0.2, 0) is 4.74 Å². The van der Waals surface area contributed by atoms with Crippen molar-refractivity contribution in [3.8, 4) is 0 Å². The van der Waals surface area contributed by atoms with E-state index in [-0.39, 0.29) is 0 Å². The fourth-order valence-corrected chi connectivity index (χ4v) is 1.18. The standard InChI is InChI=1S/C9H12BrN3O2/c10-7-2-3-8(13-6-7)12-4-1-5-15-9(11)14/h2-3,6H,1,4-5H2,(H2,11,14)(H,12,13). The van der Waals surface area contributed by atoms with Crippen LogP contribution in [0, 0.1) is 0 Å². The number of halogens is 1. The molecule has 15 heavy (non-hydrogen) atoms. The summed E-state index contributed by atoms with van der Waals surface area (Å²) in [5.74, 6) is 0.789. The third-order valence-electron chi connectivity index (χ3n) is 1.60. The minimum atomic E-state index is -0.739. The van der Waals surface area contributed by atoms with Crippen LogP contribution in [0.4, 0.5) is 10.6 Å². The maximum atomic E-state index is 10.2. The molecule has 82 valence electrons. The second-order valence-corrected chi connectivity index (χ2v) is 3.73. The van der Waals surface area contributed by atoms with Crippen molar-refractivity contribution < 1.29 is 9.53 Å². The van der Waals surface area contributed by atoms with Gasteiger partial charge in [-0.3, -0.25) is 0 Å². The summed E-state index contributed by atoms with van der Waals surface area (Å²) in [6.45, 7) is 1.00. The summed E-state index contributed by atoms with van der Waals surface area (Å²) < 4.78 is 5.51. The number of rotatable bonds is 5. The van der Waals surface area contributed by atoms with Crippen LogP contribution >= 0.6 is 15.9 Å². The molecule has 0 spiro atoms. The van der Waals surface area contributed by atoms with Crippen LogP contribution < -0.4 is 11.1 Å². The Morgan fingerprint density at radius 2 is 2.40 bits per heavy atom. The average molecular weight is 274 g/mol. The first-order valence-corrected chi connectivity index (χ1v) is 5.25. The van der Waals surface area contributed by atoms with Crippen molar-refractivity contribution in [2.75, 3.05) is 18.5 Å². The third-order valence-corrected chi connectivity index (χ3v) is 2.07. The number of carbonyl (C=O) groups is 1. The second kappa shape index (κ2) is 6.23. The lowest BCUT2D eigenvalue weighted by atomic mass is 10.4. The Balaban J connectivity index is 2.15. The molecule has 0 aliphatic carbocycles. The Hall–Kier alpha value is -1.30. The molecule has 6 heteroatoms. The highest BCUT2D eigenvalue weighted by Gasteiger charge is 1.95. The summed E-state index contributed by atoms with van der Waals surface area (Å²) in [6, 6.07) is 3.76. The molecule has 0 bridgehead atoms. The number of carbonyl (C=O) groups excluding carboxylic acids is 1. The molecule has 0 saturated carbocycles. The smallest absolute Gasteiger partial charge is 0.404 e. The Labute approximate surface area is 96.1 Å². The molecular weight excluding hydrogens is 262 g/mol. The van der Waals surface area contributed by atoms with E-state index in [0.717, 1.165) is 10.3 Å². The van der Waals surface area contributed by atoms with Gasteiger partial charge in [0.1, 0.15) is 5.82 Å². The van der Waals surface area contributed by atoms with Gasteiger partial charge >= 0.3 is 6.09 Å². The highest BCUT2D eigenvalue weighted by Crippen LogP contribution is 2.10. The summed E-state index contributed by atoms with van der Waals surface area (Å²) in [5, 5.41) is 3.08. The van der Waals surface area contributed by atoms with E-state index in [1.807, 2.05) is 12.1 Å². The van der Waals surface area contributed by atoms with Gasteiger partial charge in [0.05, 0.1) is 6.61 Å². The van der Waals surface area contributed by atoms with E-state index in [1.165, 1.54) is 0 Å². The molecule has 1 rings (SSSR count). The number of nitrogens with one attached hydrogen (secondary N) is 1. The van der Waals surface area contributed by atoms with Crippen molar-refractivity contribution in [1.29, 1.82) is 0 Å². The maximum absolute atomic E-state index is 10.2. The summed E-state index contributed by atoms with van der Waals surface area (Å²) >= 11 is 3.29. The quantitative estimate of drug-likeness (QED) is 0.802. The lowest BCUT2D eigenvalue weighted by Crippen LogP contribution is -2.15. The normalized spacial score (nSPS) is 9.67. The van der Waals surface area contributed by atoms with Crippen LogP contribution in [0.2, 0.25) is 0 Å². The van der Waals surface area contributed by atoms with Crippen LogP contribution in [0.1, 0.15) is 6.42 Å². The molecule has 1 aromatic heterocycles. The van der Waals surface area contributed by atoms with Crippen molar-refractivity contribution in [2.45, 2.75) is 6.42 Å². The Kier molecular flexibility index (Phi) is 4.89. The fourth-order valence-electron chi connectivity index (χ4n) is 0.942. The van der Waals surface area contributed by atoms with Gasteiger partial charge in [-0.1, -0.05) is 0 Å². The molecule has 3 N–H and O–H groups in total. The highest BCUT2D eigenvalue weighted by molar-refractivity contribution is 9.10. The van der Waals surface area contributed by atoms with Gasteiger partial charge in [0.15, 0.2) is 0 Å². The van der Waals surface area contributed by atoms with E-state index >= 15 is 0 Å². The number of nitrogens with two attached hydrogens (primary N) is 1. The average Bonchev–Trinajstić information content (AvgIpc) is 2.20. The number of anilines is 1. The zero-order valence-electron chi connectivity index (χ0n) is 8.07. The molecular formula is C9H12BrN3O2. The van der Waals surface area contributed by atoms with Crippen LogP contribution in [0.5, 0.6) is 0 Å². The van der Waals surface area contributed by atoms with Crippen molar-refractivity contribution in [2.24, 2.45) is 5.73 Å². The predicted octanol–water partition coefficient (Wildman–Crippen LogP) is 1.74. The molecule has 0 aromatic carbocycles. The van der Waals surface area contributed by atoms with Gasteiger partial charge in [-0.25, -0.2) is 9.78 Å². The van der Waals surface area contributed by atoms with Gasteiger partial charge in [0.25, 0.3) is 0 Å². The lowest BCUT2D eigenvalue weighted by Gasteiger charge is -2.05. The topological polar surface area (TPSA) is 77.2 Å². The Morgan fingerprint density at radius 1 is 1.60 bits per heavy atom. The van der Waals surface area contributed by atoms with E-state index in [2.05, 4.69) is 31.0 Å². The number of nitrogens with zero attached hydrogens (tertiary/aromatic N) is 1. The van der Waals surface area contributed by atoms with Gasteiger partial charge < -0.3 is 15.8 Å². The molecule has 0 aliphatic rings. The first kappa shape index (κ1) is 11.8. The van der Waals surface area contributed by atoms with Crippen LogP contribution in [0.15, 0.2) is 22.8 Å². The molecule has 1 heterocycles. The molecule has 0 aliphatic heterocycles. The van der Waals surface area contributed by atoms with Gasteiger partial charge in [-0.05, 0) is 34.5 Å². The second-order valence-electron chi connectivity index (χ2n) is 2.81. The van der Waals surface area contributed by atoms with Crippen molar-refractivity contribution >= 4 is 27.8 Å². The number of hydrogen-bond donors (Lipinski definition) is 2. The van der Waals surface area contributed by atoms with Gasteiger partial charge in [-0.15, -0.1) is 0 Å². The van der Waals surface area contributed by atoms with Crippen LogP contribution in [-0.4, -0.2) is 24.2 Å². The molecule has 0 saturated heterocycles. The van der Waals surface area contributed by atoms with E-state index in [9.17, 15) is 4.79 Å². The predicted molar refractivity (Wildman–Crippen MR) is 60.6 cm³/mol. The molecule has 1 amide bonds. The summed E-state index contributed by atoms with van der Waals surface area (Å²) in [4.78, 5) is 14.4. The van der Waals surface area contributed by atoms with Crippen molar-refractivity contribution in [3.63, 3.8) is 0 Å². The summed E-state index contributed by atoms with van der Waals surface area (Å²) in [5.41, 5.74) is 4.80. The molecule has 5 nitrogen and oxygen atoms in total. The maximum Gasteiger partial charge on any atom is 0.404 e. The minimum absolute atomic E-state index is 0.318. The first-order chi connectivity index (χ1) is 7.18. The number of primary amides is 1. The van der Waals surface area contributed by atoms with Gasteiger partial charge in [-0.2, -0.15) is 0 Å². The first-order valence-electron chi connectivity index (χ1n) is 4.46. The number of aromatic nitrogens is 1. The number of ether oxygens (including phenoxy) is 1.